The molecule has 15 heavy (non-hydrogen) atoms. The number of carbonyl (C=O) groups is 1. The molecule has 1 heterocycles. The van der Waals surface area contributed by atoms with Crippen LogP contribution in [0.2, 0.25) is 0 Å². The molecule has 2 nitrogen and oxygen atoms in total. The van der Waals surface area contributed by atoms with Crippen molar-refractivity contribution < 1.29 is 13.9 Å². The Labute approximate surface area is 105 Å². The molecule has 84 valence electrons. The van der Waals surface area contributed by atoms with Crippen LogP contribution in [0.5, 0.6) is 0 Å². The lowest BCUT2D eigenvalue weighted by atomic mass is 10.1. The first kappa shape index (κ1) is 12.9. The Kier molecular flexibility index (Phi) is 4.52. The highest BCUT2D eigenvalue weighted by atomic mass is 79.9. The van der Waals surface area contributed by atoms with Crippen molar-refractivity contribution in [3.63, 3.8) is 0 Å². The van der Waals surface area contributed by atoms with E-state index >= 15 is 0 Å². The summed E-state index contributed by atoms with van der Waals surface area (Å²) in [5, 5.41) is 0. The number of cyclic esters (lactones) is 1. The zero-order valence-electron chi connectivity index (χ0n) is 8.44. The van der Waals surface area contributed by atoms with Crippen LogP contribution in [0.15, 0.2) is 20.3 Å². The molecule has 0 saturated carbocycles. The summed E-state index contributed by atoms with van der Waals surface area (Å²) in [5.41, 5.74) is 0.0886. The van der Waals surface area contributed by atoms with Crippen molar-refractivity contribution in [2.75, 3.05) is 0 Å². The molecule has 0 aromatic rings. The van der Waals surface area contributed by atoms with Crippen LogP contribution in [0.1, 0.15) is 26.7 Å². The molecule has 0 radical (unpaired) electrons. The minimum atomic E-state index is -1.26. The van der Waals surface area contributed by atoms with Crippen LogP contribution in [0.25, 0.3) is 0 Å². The van der Waals surface area contributed by atoms with Crippen molar-refractivity contribution in [3.8, 4) is 0 Å². The van der Waals surface area contributed by atoms with E-state index in [2.05, 4.69) is 31.9 Å². The summed E-state index contributed by atoms with van der Waals surface area (Å²) in [6.45, 7) is 3.60. The second-order valence-electron chi connectivity index (χ2n) is 3.24. The van der Waals surface area contributed by atoms with Crippen LogP contribution < -0.4 is 0 Å². The molecule has 1 atom stereocenters. The molecule has 0 bridgehead atoms. The normalized spacial score (nSPS) is 21.8. The van der Waals surface area contributed by atoms with E-state index in [1.165, 1.54) is 0 Å². The number of halogens is 3. The summed E-state index contributed by atoms with van der Waals surface area (Å²) in [7, 11) is 0. The molecular formula is C10H11Br2FO2. The van der Waals surface area contributed by atoms with Gasteiger partial charge in [0.05, 0.1) is 10.1 Å². The van der Waals surface area contributed by atoms with Crippen LogP contribution in [0.4, 0.5) is 4.39 Å². The van der Waals surface area contributed by atoms with E-state index in [4.69, 9.17) is 4.74 Å². The van der Waals surface area contributed by atoms with E-state index < -0.39 is 12.1 Å². The number of allylic oxidation sites excluding steroid dienone is 2. The van der Waals surface area contributed by atoms with Gasteiger partial charge in [0.1, 0.15) is 6.17 Å². The molecule has 0 fully saturated rings. The molecule has 5 heteroatoms. The SMILES string of the molecule is CCCC(F)C1=C(Br)/C(=C(\C)Br)OC1=O. The van der Waals surface area contributed by atoms with E-state index in [-0.39, 0.29) is 5.57 Å². The number of esters is 1. The monoisotopic (exact) mass is 340 g/mol. The lowest BCUT2D eigenvalue weighted by Gasteiger charge is -2.04. The Morgan fingerprint density at radius 1 is 1.60 bits per heavy atom. The van der Waals surface area contributed by atoms with E-state index in [0.29, 0.717) is 27.6 Å². The van der Waals surface area contributed by atoms with E-state index in [0.717, 1.165) is 0 Å². The minimum Gasteiger partial charge on any atom is -0.421 e. The molecule has 0 aromatic heterocycles. The second-order valence-corrected chi connectivity index (χ2v) is 5.22. The van der Waals surface area contributed by atoms with Gasteiger partial charge < -0.3 is 4.74 Å². The Morgan fingerprint density at radius 3 is 2.60 bits per heavy atom. The quantitative estimate of drug-likeness (QED) is 0.726. The van der Waals surface area contributed by atoms with Gasteiger partial charge in [0.2, 0.25) is 0 Å². The Balaban J connectivity index is 3.05. The molecule has 0 N–H and O–H groups in total. The van der Waals surface area contributed by atoms with Crippen molar-refractivity contribution in [2.24, 2.45) is 0 Å². The van der Waals surface area contributed by atoms with Gasteiger partial charge in [-0.3, -0.25) is 0 Å². The zero-order chi connectivity index (χ0) is 11.6. The topological polar surface area (TPSA) is 26.3 Å². The van der Waals surface area contributed by atoms with Crippen molar-refractivity contribution in [1.29, 1.82) is 0 Å². The van der Waals surface area contributed by atoms with Crippen molar-refractivity contribution in [1.82, 2.24) is 0 Å². The standard InChI is InChI=1S/C10H11Br2FO2/c1-3-4-6(13)7-8(12)9(5(2)11)15-10(7)14/h6H,3-4H2,1-2H3/b9-5-. The molecule has 0 aliphatic carbocycles. The number of ether oxygens (including phenoxy) is 1. The summed E-state index contributed by atoms with van der Waals surface area (Å²) in [4.78, 5) is 11.4. The highest BCUT2D eigenvalue weighted by molar-refractivity contribution is 9.12. The van der Waals surface area contributed by atoms with Gasteiger partial charge >= 0.3 is 5.97 Å². The van der Waals surface area contributed by atoms with Gasteiger partial charge in [0.15, 0.2) is 5.76 Å². The molecule has 0 amide bonds. The molecule has 0 aromatic carbocycles. The second kappa shape index (κ2) is 5.25. The van der Waals surface area contributed by atoms with Crippen LogP contribution in [0, 0.1) is 0 Å². The van der Waals surface area contributed by atoms with Gasteiger partial charge in [-0.1, -0.05) is 29.3 Å². The Hall–Kier alpha value is -0.160. The number of hydrogen-bond donors (Lipinski definition) is 0. The molecule has 1 aliphatic heterocycles. The van der Waals surface area contributed by atoms with Gasteiger partial charge in [0.25, 0.3) is 0 Å². The first-order valence-corrected chi connectivity index (χ1v) is 6.20. The first-order chi connectivity index (χ1) is 6.99. The highest BCUT2D eigenvalue weighted by Crippen LogP contribution is 2.37. The zero-order valence-corrected chi connectivity index (χ0v) is 11.6. The van der Waals surface area contributed by atoms with Crippen LogP contribution in [-0.2, 0) is 9.53 Å². The van der Waals surface area contributed by atoms with Gasteiger partial charge in [-0.25, -0.2) is 9.18 Å². The average Bonchev–Trinajstić information content (AvgIpc) is 2.42. The summed E-state index contributed by atoms with van der Waals surface area (Å²) < 4.78 is 19.7. The molecule has 1 unspecified atom stereocenters. The van der Waals surface area contributed by atoms with Gasteiger partial charge in [-0.05, 0) is 29.3 Å². The van der Waals surface area contributed by atoms with Gasteiger partial charge in [-0.15, -0.1) is 0 Å². The smallest absolute Gasteiger partial charge is 0.343 e. The molecular weight excluding hydrogens is 331 g/mol. The Morgan fingerprint density at radius 2 is 2.20 bits per heavy atom. The minimum absolute atomic E-state index is 0.0886. The largest absolute Gasteiger partial charge is 0.421 e. The van der Waals surface area contributed by atoms with Gasteiger partial charge in [0, 0.05) is 4.48 Å². The maximum Gasteiger partial charge on any atom is 0.343 e. The fraction of sp³-hybridized carbons (Fsp3) is 0.500. The predicted octanol–water partition coefficient (Wildman–Crippen LogP) is 3.96. The van der Waals surface area contributed by atoms with Crippen LogP contribution >= 0.6 is 31.9 Å². The lowest BCUT2D eigenvalue weighted by molar-refractivity contribution is -0.133. The average molecular weight is 342 g/mol. The predicted molar refractivity (Wildman–Crippen MR) is 63.5 cm³/mol. The molecule has 0 spiro atoms. The van der Waals surface area contributed by atoms with Crippen molar-refractivity contribution >= 4 is 37.8 Å². The van der Waals surface area contributed by atoms with Crippen LogP contribution in [0.3, 0.4) is 0 Å². The summed E-state index contributed by atoms with van der Waals surface area (Å²) in [6.07, 6.45) is -0.250. The van der Waals surface area contributed by atoms with E-state index in [9.17, 15) is 9.18 Å². The van der Waals surface area contributed by atoms with Gasteiger partial charge in [-0.2, -0.15) is 0 Å². The van der Waals surface area contributed by atoms with E-state index in [1.54, 1.807) is 6.92 Å². The molecule has 1 aliphatic rings. The van der Waals surface area contributed by atoms with Crippen molar-refractivity contribution in [2.45, 2.75) is 32.9 Å². The fourth-order valence-electron chi connectivity index (χ4n) is 1.29. The summed E-state index contributed by atoms with van der Waals surface area (Å²) in [5.74, 6) is -0.231. The van der Waals surface area contributed by atoms with E-state index in [1.807, 2.05) is 6.92 Å². The summed E-state index contributed by atoms with van der Waals surface area (Å²) >= 11 is 6.39. The van der Waals surface area contributed by atoms with Crippen molar-refractivity contribution in [3.05, 3.63) is 20.3 Å². The van der Waals surface area contributed by atoms with Crippen LogP contribution in [-0.4, -0.2) is 12.1 Å². The number of hydrogen-bond acceptors (Lipinski definition) is 2. The number of carbonyl (C=O) groups excluding carboxylic acids is 1. The first-order valence-electron chi connectivity index (χ1n) is 4.61. The third kappa shape index (κ3) is 2.69. The molecule has 0 saturated heterocycles. The number of alkyl halides is 1. The third-order valence-corrected chi connectivity index (χ3v) is 3.17. The maximum atomic E-state index is 13.6. The lowest BCUT2D eigenvalue weighted by Crippen LogP contribution is -2.11. The fourth-order valence-corrected chi connectivity index (χ4v) is 2.62. The Bertz CT molecular complexity index is 343. The summed E-state index contributed by atoms with van der Waals surface area (Å²) in [6, 6.07) is 0. The maximum absolute atomic E-state index is 13.6. The third-order valence-electron chi connectivity index (χ3n) is 2.02. The highest BCUT2D eigenvalue weighted by Gasteiger charge is 2.34. The number of rotatable bonds is 3. The molecule has 1 rings (SSSR count).